The van der Waals surface area contributed by atoms with E-state index in [-0.39, 0.29) is 0 Å². The molecule has 3 aromatic rings. The number of nitrogens with two attached hydrogens (primary N) is 1. The van der Waals surface area contributed by atoms with Gasteiger partial charge < -0.3 is 10.5 Å². The van der Waals surface area contributed by atoms with Crippen molar-refractivity contribution >= 4 is 38.8 Å². The summed E-state index contributed by atoms with van der Waals surface area (Å²) in [6, 6.07) is 11.5. The molecule has 2 N–H and O–H groups in total. The third-order valence-electron chi connectivity index (χ3n) is 2.66. The van der Waals surface area contributed by atoms with Crippen LogP contribution in [0.2, 0.25) is 5.02 Å². The Labute approximate surface area is 118 Å². The average Bonchev–Trinajstić information content (AvgIpc) is 2.84. The molecule has 0 saturated carbocycles. The second-order valence-corrected chi connectivity index (χ2v) is 5.41. The van der Waals surface area contributed by atoms with Crippen LogP contribution in [0.15, 0.2) is 36.4 Å². The molecule has 0 fully saturated rings. The van der Waals surface area contributed by atoms with Gasteiger partial charge in [-0.2, -0.15) is 0 Å². The fourth-order valence-corrected chi connectivity index (χ4v) is 2.58. The molecule has 96 valence electrons. The maximum absolute atomic E-state index is 6.16. The third kappa shape index (κ3) is 2.47. The van der Waals surface area contributed by atoms with Crippen LogP contribution in [-0.4, -0.2) is 10.2 Å². The lowest BCUT2D eigenvalue weighted by molar-refractivity contribution is 0.308. The lowest BCUT2D eigenvalue weighted by Crippen LogP contribution is -1.95. The monoisotopic (exact) mass is 291 g/mol. The number of ether oxygens (including phenoxy) is 1. The summed E-state index contributed by atoms with van der Waals surface area (Å²) in [6.45, 7) is 0.348. The quantitative estimate of drug-likeness (QED) is 0.802. The van der Waals surface area contributed by atoms with Crippen LogP contribution in [0.25, 0.3) is 10.8 Å². The first-order valence-electron chi connectivity index (χ1n) is 5.62. The minimum atomic E-state index is 0.348. The van der Waals surface area contributed by atoms with E-state index in [9.17, 15) is 0 Å². The van der Waals surface area contributed by atoms with Crippen molar-refractivity contribution < 1.29 is 4.74 Å². The summed E-state index contributed by atoms with van der Waals surface area (Å²) >= 11 is 7.48. The van der Waals surface area contributed by atoms with E-state index in [1.165, 1.54) is 11.3 Å². The van der Waals surface area contributed by atoms with Crippen molar-refractivity contribution in [3.05, 3.63) is 46.4 Å². The molecule has 0 aliphatic heterocycles. The molecule has 1 heterocycles. The first-order chi connectivity index (χ1) is 9.24. The predicted octanol–water partition coefficient (Wildman–Crippen LogP) is 3.51. The molecule has 2 aromatic carbocycles. The van der Waals surface area contributed by atoms with E-state index in [1.54, 1.807) is 0 Å². The van der Waals surface area contributed by atoms with Crippen LogP contribution in [0.4, 0.5) is 5.13 Å². The van der Waals surface area contributed by atoms with Gasteiger partial charge >= 0.3 is 0 Å². The Morgan fingerprint density at radius 3 is 2.63 bits per heavy atom. The molecule has 0 aliphatic carbocycles. The molecule has 0 radical (unpaired) electrons. The van der Waals surface area contributed by atoms with Crippen LogP contribution in [0.5, 0.6) is 5.75 Å². The molecule has 6 heteroatoms. The van der Waals surface area contributed by atoms with E-state index in [1.807, 2.05) is 36.4 Å². The smallest absolute Gasteiger partial charge is 0.203 e. The SMILES string of the molecule is Nc1nnc(COc2ccc(Cl)c3ccccc23)s1. The summed E-state index contributed by atoms with van der Waals surface area (Å²) in [4.78, 5) is 0. The summed E-state index contributed by atoms with van der Waals surface area (Å²) in [5.74, 6) is 0.772. The Morgan fingerprint density at radius 2 is 1.89 bits per heavy atom. The van der Waals surface area contributed by atoms with Gasteiger partial charge in [-0.15, -0.1) is 10.2 Å². The van der Waals surface area contributed by atoms with Crippen molar-refractivity contribution in [1.29, 1.82) is 0 Å². The van der Waals surface area contributed by atoms with Crippen molar-refractivity contribution in [2.75, 3.05) is 5.73 Å². The van der Waals surface area contributed by atoms with Crippen molar-refractivity contribution in [3.63, 3.8) is 0 Å². The van der Waals surface area contributed by atoms with Crippen LogP contribution in [0.3, 0.4) is 0 Å². The van der Waals surface area contributed by atoms with Gasteiger partial charge in [-0.25, -0.2) is 0 Å². The zero-order chi connectivity index (χ0) is 13.2. The Balaban J connectivity index is 1.91. The Hall–Kier alpha value is -1.85. The molecule has 1 aromatic heterocycles. The highest BCUT2D eigenvalue weighted by molar-refractivity contribution is 7.15. The number of nitrogen functional groups attached to an aromatic ring is 1. The van der Waals surface area contributed by atoms with Gasteiger partial charge in [0.1, 0.15) is 12.4 Å². The topological polar surface area (TPSA) is 61.0 Å². The zero-order valence-electron chi connectivity index (χ0n) is 9.84. The Bertz CT molecular complexity index is 729. The van der Waals surface area contributed by atoms with E-state index in [4.69, 9.17) is 22.1 Å². The first-order valence-corrected chi connectivity index (χ1v) is 6.81. The first kappa shape index (κ1) is 12.2. The summed E-state index contributed by atoms with van der Waals surface area (Å²) in [6.07, 6.45) is 0. The summed E-state index contributed by atoms with van der Waals surface area (Å²) in [5.41, 5.74) is 5.53. The van der Waals surface area contributed by atoms with Gasteiger partial charge in [0.2, 0.25) is 5.13 Å². The fraction of sp³-hybridized carbons (Fsp3) is 0.0769. The number of anilines is 1. The Kier molecular flexibility index (Phi) is 3.23. The molecule has 3 rings (SSSR count). The average molecular weight is 292 g/mol. The number of hydrogen-bond acceptors (Lipinski definition) is 5. The van der Waals surface area contributed by atoms with Crippen molar-refractivity contribution in [1.82, 2.24) is 10.2 Å². The summed E-state index contributed by atoms with van der Waals surface area (Å²) in [7, 11) is 0. The predicted molar refractivity (Wildman–Crippen MR) is 77.6 cm³/mol. The number of aromatic nitrogens is 2. The van der Waals surface area contributed by atoms with Crippen LogP contribution in [0, 0.1) is 0 Å². The van der Waals surface area contributed by atoms with Crippen LogP contribution in [-0.2, 0) is 6.61 Å². The second kappa shape index (κ2) is 5.03. The van der Waals surface area contributed by atoms with E-state index in [0.29, 0.717) is 16.8 Å². The minimum Gasteiger partial charge on any atom is -0.486 e. The molecule has 0 unspecified atom stereocenters. The maximum atomic E-state index is 6.16. The molecule has 4 nitrogen and oxygen atoms in total. The lowest BCUT2D eigenvalue weighted by Gasteiger charge is -2.08. The molecule has 0 atom stereocenters. The van der Waals surface area contributed by atoms with E-state index < -0.39 is 0 Å². The number of fused-ring (bicyclic) bond motifs is 1. The van der Waals surface area contributed by atoms with Gasteiger partial charge in [0.15, 0.2) is 5.01 Å². The van der Waals surface area contributed by atoms with Crippen molar-refractivity contribution in [2.24, 2.45) is 0 Å². The Morgan fingerprint density at radius 1 is 1.11 bits per heavy atom. The van der Waals surface area contributed by atoms with E-state index >= 15 is 0 Å². The highest BCUT2D eigenvalue weighted by Crippen LogP contribution is 2.31. The van der Waals surface area contributed by atoms with Gasteiger partial charge in [-0.3, -0.25) is 0 Å². The number of hydrogen-bond donors (Lipinski definition) is 1. The van der Waals surface area contributed by atoms with Crippen molar-refractivity contribution in [3.8, 4) is 5.75 Å². The number of benzene rings is 2. The molecule has 19 heavy (non-hydrogen) atoms. The highest BCUT2D eigenvalue weighted by atomic mass is 35.5. The highest BCUT2D eigenvalue weighted by Gasteiger charge is 2.07. The largest absolute Gasteiger partial charge is 0.486 e. The molecule has 0 spiro atoms. The van der Waals surface area contributed by atoms with Gasteiger partial charge in [0, 0.05) is 15.8 Å². The second-order valence-electron chi connectivity index (χ2n) is 3.91. The molecule has 0 aliphatic rings. The summed E-state index contributed by atoms with van der Waals surface area (Å²) in [5, 5.41) is 11.5. The molecule has 0 amide bonds. The minimum absolute atomic E-state index is 0.348. The fourth-order valence-electron chi connectivity index (χ4n) is 1.82. The van der Waals surface area contributed by atoms with E-state index in [0.717, 1.165) is 21.5 Å². The maximum Gasteiger partial charge on any atom is 0.203 e. The van der Waals surface area contributed by atoms with Crippen LogP contribution < -0.4 is 10.5 Å². The molecule has 0 bridgehead atoms. The third-order valence-corrected chi connectivity index (χ3v) is 3.72. The van der Waals surface area contributed by atoms with Crippen LogP contribution >= 0.6 is 22.9 Å². The van der Waals surface area contributed by atoms with Crippen LogP contribution in [0.1, 0.15) is 5.01 Å². The number of rotatable bonds is 3. The van der Waals surface area contributed by atoms with Gasteiger partial charge in [-0.05, 0) is 12.1 Å². The standard InChI is InChI=1S/C13H10ClN3OS/c14-10-5-6-11(9-4-2-1-3-8(9)10)18-7-12-16-17-13(15)19-12/h1-6H,7H2,(H2,15,17). The number of halogens is 1. The van der Waals surface area contributed by atoms with Gasteiger partial charge in [-0.1, -0.05) is 47.2 Å². The summed E-state index contributed by atoms with van der Waals surface area (Å²) < 4.78 is 5.77. The molecule has 0 saturated heterocycles. The number of nitrogens with zero attached hydrogens (tertiary/aromatic N) is 2. The van der Waals surface area contributed by atoms with Gasteiger partial charge in [0.25, 0.3) is 0 Å². The van der Waals surface area contributed by atoms with E-state index in [2.05, 4.69) is 10.2 Å². The lowest BCUT2D eigenvalue weighted by atomic mass is 10.1. The van der Waals surface area contributed by atoms with Crippen molar-refractivity contribution in [2.45, 2.75) is 6.61 Å². The van der Waals surface area contributed by atoms with Gasteiger partial charge in [0.05, 0.1) is 0 Å². The normalized spacial score (nSPS) is 10.8. The zero-order valence-corrected chi connectivity index (χ0v) is 11.4. The molecular formula is C13H10ClN3OS. The molecular weight excluding hydrogens is 282 g/mol.